The van der Waals surface area contributed by atoms with Crippen LogP contribution in [0, 0.1) is 5.92 Å². The smallest absolute Gasteiger partial charge is 0.335 e. The van der Waals surface area contributed by atoms with Gasteiger partial charge in [-0.1, -0.05) is 18.9 Å². The molecule has 7 heteroatoms. The van der Waals surface area contributed by atoms with E-state index in [4.69, 9.17) is 9.84 Å². The van der Waals surface area contributed by atoms with Gasteiger partial charge in [-0.15, -0.1) is 0 Å². The Bertz CT molecular complexity index is 683. The van der Waals surface area contributed by atoms with Gasteiger partial charge in [0.25, 0.3) is 0 Å². The van der Waals surface area contributed by atoms with Crippen molar-refractivity contribution in [2.24, 2.45) is 5.92 Å². The first kappa shape index (κ1) is 20.7. The van der Waals surface area contributed by atoms with Crippen LogP contribution in [0.3, 0.4) is 0 Å². The number of benzene rings is 1. The molecular formula is C20H28N2O5. The summed E-state index contributed by atoms with van der Waals surface area (Å²) in [5.74, 6) is -0.508. The lowest BCUT2D eigenvalue weighted by molar-refractivity contribution is -0.126. The van der Waals surface area contributed by atoms with E-state index in [0.717, 1.165) is 31.2 Å². The average Bonchev–Trinajstić information content (AvgIpc) is 3.16. The van der Waals surface area contributed by atoms with Crippen molar-refractivity contribution in [2.45, 2.75) is 51.5 Å². The highest BCUT2D eigenvalue weighted by Gasteiger charge is 2.24. The molecule has 27 heavy (non-hydrogen) atoms. The van der Waals surface area contributed by atoms with Crippen molar-refractivity contribution in [3.8, 4) is 5.75 Å². The van der Waals surface area contributed by atoms with Crippen LogP contribution in [0.2, 0.25) is 0 Å². The van der Waals surface area contributed by atoms with E-state index in [9.17, 15) is 14.4 Å². The fourth-order valence-electron chi connectivity index (χ4n) is 3.37. The number of carbonyl (C=O) groups excluding carboxylic acids is 2. The van der Waals surface area contributed by atoms with Gasteiger partial charge in [0.1, 0.15) is 5.75 Å². The van der Waals surface area contributed by atoms with Gasteiger partial charge in [0, 0.05) is 24.9 Å². The average molecular weight is 376 g/mol. The van der Waals surface area contributed by atoms with E-state index < -0.39 is 5.97 Å². The largest absolute Gasteiger partial charge is 0.496 e. The molecule has 0 radical (unpaired) electrons. The number of amides is 2. The molecule has 1 aromatic rings. The molecule has 0 bridgehead atoms. The minimum absolute atomic E-state index is 0.0519. The SMILES string of the molecule is COc1cc(C(=O)O)ccc1CCNC(=O)CC(C)NC(=O)C1CCCC1. The van der Waals surface area contributed by atoms with Gasteiger partial charge in [0.15, 0.2) is 0 Å². The third-order valence-electron chi connectivity index (χ3n) is 4.86. The molecule has 0 heterocycles. The molecule has 1 saturated carbocycles. The lowest BCUT2D eigenvalue weighted by Crippen LogP contribution is -2.40. The number of carboxylic acids is 1. The zero-order valence-corrected chi connectivity index (χ0v) is 15.9. The highest BCUT2D eigenvalue weighted by Crippen LogP contribution is 2.24. The molecule has 1 unspecified atom stereocenters. The fourth-order valence-corrected chi connectivity index (χ4v) is 3.37. The fraction of sp³-hybridized carbons (Fsp3) is 0.550. The van der Waals surface area contributed by atoms with Gasteiger partial charge in [-0.3, -0.25) is 9.59 Å². The first-order valence-electron chi connectivity index (χ1n) is 9.38. The van der Waals surface area contributed by atoms with Crippen LogP contribution in [-0.2, 0) is 16.0 Å². The molecule has 2 amide bonds. The maximum Gasteiger partial charge on any atom is 0.335 e. The van der Waals surface area contributed by atoms with Crippen LogP contribution < -0.4 is 15.4 Å². The second kappa shape index (κ2) is 9.94. The number of carbonyl (C=O) groups is 3. The number of hydrogen-bond acceptors (Lipinski definition) is 4. The van der Waals surface area contributed by atoms with Crippen LogP contribution in [0.4, 0.5) is 0 Å². The number of hydrogen-bond donors (Lipinski definition) is 3. The van der Waals surface area contributed by atoms with Gasteiger partial charge in [-0.05, 0) is 43.9 Å². The van der Waals surface area contributed by atoms with Crippen LogP contribution in [0.25, 0.3) is 0 Å². The summed E-state index contributed by atoms with van der Waals surface area (Å²) >= 11 is 0. The number of carboxylic acid groups (broad SMARTS) is 1. The third kappa shape index (κ3) is 6.27. The van der Waals surface area contributed by atoms with E-state index in [-0.39, 0.29) is 35.8 Å². The van der Waals surface area contributed by atoms with E-state index >= 15 is 0 Å². The molecule has 0 aromatic heterocycles. The van der Waals surface area contributed by atoms with Crippen molar-refractivity contribution in [2.75, 3.05) is 13.7 Å². The Labute approximate surface area is 159 Å². The molecule has 0 aliphatic heterocycles. The van der Waals surface area contributed by atoms with Crippen molar-refractivity contribution in [1.29, 1.82) is 0 Å². The van der Waals surface area contributed by atoms with Gasteiger partial charge in [0.05, 0.1) is 12.7 Å². The van der Waals surface area contributed by atoms with E-state index in [2.05, 4.69) is 10.6 Å². The topological polar surface area (TPSA) is 105 Å². The van der Waals surface area contributed by atoms with Crippen LogP contribution in [-0.4, -0.2) is 42.6 Å². The lowest BCUT2D eigenvalue weighted by Gasteiger charge is -2.17. The number of rotatable bonds is 9. The summed E-state index contributed by atoms with van der Waals surface area (Å²) in [6, 6.07) is 4.48. The first-order chi connectivity index (χ1) is 12.9. The molecule has 1 aliphatic carbocycles. The molecule has 1 fully saturated rings. The zero-order chi connectivity index (χ0) is 19.8. The summed E-state index contributed by atoms with van der Waals surface area (Å²) in [5, 5.41) is 14.8. The van der Waals surface area contributed by atoms with Gasteiger partial charge in [-0.25, -0.2) is 4.79 Å². The van der Waals surface area contributed by atoms with Crippen molar-refractivity contribution in [3.63, 3.8) is 0 Å². The van der Waals surface area contributed by atoms with Crippen LogP contribution in [0.5, 0.6) is 5.75 Å². The lowest BCUT2D eigenvalue weighted by atomic mass is 10.1. The monoisotopic (exact) mass is 376 g/mol. The summed E-state index contributed by atoms with van der Waals surface area (Å²) in [5.41, 5.74) is 0.983. The van der Waals surface area contributed by atoms with Gasteiger partial charge < -0.3 is 20.5 Å². The molecule has 1 aliphatic rings. The minimum Gasteiger partial charge on any atom is -0.496 e. The number of aromatic carboxylic acids is 1. The van der Waals surface area contributed by atoms with Gasteiger partial charge in [0.2, 0.25) is 11.8 Å². The predicted octanol–water partition coefficient (Wildman–Crippen LogP) is 2.14. The molecular weight excluding hydrogens is 348 g/mol. The number of methoxy groups -OCH3 is 1. The van der Waals surface area contributed by atoms with Gasteiger partial charge in [-0.2, -0.15) is 0 Å². The van der Waals surface area contributed by atoms with Crippen molar-refractivity contribution in [1.82, 2.24) is 10.6 Å². The van der Waals surface area contributed by atoms with Crippen molar-refractivity contribution < 1.29 is 24.2 Å². The Morgan fingerprint density at radius 1 is 1.26 bits per heavy atom. The highest BCUT2D eigenvalue weighted by molar-refractivity contribution is 5.88. The van der Waals surface area contributed by atoms with Crippen molar-refractivity contribution >= 4 is 17.8 Å². The summed E-state index contributed by atoms with van der Waals surface area (Å²) in [6.45, 7) is 2.24. The Balaban J connectivity index is 1.75. The molecule has 1 aromatic carbocycles. The van der Waals surface area contributed by atoms with Gasteiger partial charge >= 0.3 is 5.97 Å². The van der Waals surface area contributed by atoms with Crippen LogP contribution in [0.15, 0.2) is 18.2 Å². The van der Waals surface area contributed by atoms with E-state index in [1.807, 2.05) is 6.92 Å². The molecule has 2 rings (SSSR count). The quantitative estimate of drug-likeness (QED) is 0.612. The molecule has 7 nitrogen and oxygen atoms in total. The van der Waals surface area contributed by atoms with Crippen molar-refractivity contribution in [3.05, 3.63) is 29.3 Å². The summed E-state index contributed by atoms with van der Waals surface area (Å²) in [4.78, 5) is 35.2. The Morgan fingerprint density at radius 2 is 1.96 bits per heavy atom. The Morgan fingerprint density at radius 3 is 2.59 bits per heavy atom. The summed E-state index contributed by atoms with van der Waals surface area (Å²) in [6.07, 6.45) is 4.83. The Kier molecular flexibility index (Phi) is 7.64. The second-order valence-electron chi connectivity index (χ2n) is 7.03. The number of ether oxygens (including phenoxy) is 1. The summed E-state index contributed by atoms with van der Waals surface area (Å²) < 4.78 is 5.23. The van der Waals surface area contributed by atoms with E-state index in [1.54, 1.807) is 6.07 Å². The van der Waals surface area contributed by atoms with E-state index in [1.165, 1.54) is 19.2 Å². The maximum absolute atomic E-state index is 12.1. The maximum atomic E-state index is 12.1. The number of nitrogens with one attached hydrogen (secondary N) is 2. The first-order valence-corrected chi connectivity index (χ1v) is 9.38. The molecule has 0 saturated heterocycles. The zero-order valence-electron chi connectivity index (χ0n) is 15.9. The minimum atomic E-state index is -1.01. The third-order valence-corrected chi connectivity index (χ3v) is 4.86. The molecule has 3 N–H and O–H groups in total. The standard InChI is InChI=1S/C20H28N2O5/c1-13(22-19(24)15-5-3-4-6-15)11-18(23)21-10-9-14-7-8-16(20(25)26)12-17(14)27-2/h7-8,12-13,15H,3-6,9-11H2,1-2H3,(H,21,23)(H,22,24)(H,25,26). The second-order valence-corrected chi connectivity index (χ2v) is 7.03. The van der Waals surface area contributed by atoms with Crippen LogP contribution in [0.1, 0.15) is 54.9 Å². The summed E-state index contributed by atoms with van der Waals surface area (Å²) in [7, 11) is 1.48. The van der Waals surface area contributed by atoms with E-state index in [0.29, 0.717) is 18.7 Å². The normalized spacial score (nSPS) is 15.2. The van der Waals surface area contributed by atoms with Crippen LogP contribution >= 0.6 is 0 Å². The highest BCUT2D eigenvalue weighted by atomic mass is 16.5. The molecule has 1 atom stereocenters. The predicted molar refractivity (Wildman–Crippen MR) is 101 cm³/mol. The Hall–Kier alpha value is -2.57. The molecule has 0 spiro atoms. The molecule has 148 valence electrons.